The highest BCUT2D eigenvalue weighted by molar-refractivity contribution is 5.39. The predicted octanol–water partition coefficient (Wildman–Crippen LogP) is 4.46. The van der Waals surface area contributed by atoms with E-state index in [0.717, 1.165) is 32.1 Å². The minimum absolute atomic E-state index is 0.0809. The zero-order chi connectivity index (χ0) is 14.1. The van der Waals surface area contributed by atoms with Crippen molar-refractivity contribution in [2.45, 2.75) is 32.1 Å². The summed E-state index contributed by atoms with van der Waals surface area (Å²) < 4.78 is 32.1. The SMILES string of the molecule is C#Cc1ccc(OCCCCCCC=C)c(F)c1F. The number of hydrogen-bond acceptors (Lipinski definition) is 1. The maximum Gasteiger partial charge on any atom is 0.201 e. The van der Waals surface area contributed by atoms with Crippen LogP contribution in [-0.4, -0.2) is 6.61 Å². The second-order valence-corrected chi connectivity index (χ2v) is 4.22. The standard InChI is InChI=1S/C16H18F2O/c1-3-5-6-7-8-9-12-19-14-11-10-13(4-2)15(17)16(14)18/h2-3,10-11H,1,5-9,12H2. The van der Waals surface area contributed by atoms with Gasteiger partial charge in [-0.3, -0.25) is 0 Å². The predicted molar refractivity (Wildman–Crippen MR) is 73.1 cm³/mol. The summed E-state index contributed by atoms with van der Waals surface area (Å²) in [7, 11) is 0. The molecule has 0 fully saturated rings. The van der Waals surface area contributed by atoms with Gasteiger partial charge in [-0.15, -0.1) is 13.0 Å². The molecule has 1 aromatic carbocycles. The fraction of sp³-hybridized carbons (Fsp3) is 0.375. The van der Waals surface area contributed by atoms with Gasteiger partial charge in [-0.2, -0.15) is 4.39 Å². The largest absolute Gasteiger partial charge is 0.490 e. The molecular formula is C16H18F2O. The van der Waals surface area contributed by atoms with Crippen LogP contribution in [0.25, 0.3) is 0 Å². The van der Waals surface area contributed by atoms with Crippen LogP contribution in [0, 0.1) is 24.0 Å². The van der Waals surface area contributed by atoms with Crippen LogP contribution in [0.3, 0.4) is 0 Å². The van der Waals surface area contributed by atoms with E-state index in [9.17, 15) is 8.78 Å². The second-order valence-electron chi connectivity index (χ2n) is 4.22. The van der Waals surface area contributed by atoms with Crippen molar-refractivity contribution in [3.05, 3.63) is 42.0 Å². The molecule has 0 aromatic heterocycles. The van der Waals surface area contributed by atoms with Gasteiger partial charge in [0.25, 0.3) is 0 Å². The van der Waals surface area contributed by atoms with E-state index in [1.165, 1.54) is 12.1 Å². The molecule has 0 heterocycles. The molecule has 0 aliphatic rings. The zero-order valence-electron chi connectivity index (χ0n) is 10.9. The Hall–Kier alpha value is -1.82. The Labute approximate surface area is 113 Å². The molecule has 102 valence electrons. The van der Waals surface area contributed by atoms with E-state index in [4.69, 9.17) is 11.2 Å². The molecule has 19 heavy (non-hydrogen) atoms. The molecule has 0 unspecified atom stereocenters. The quantitative estimate of drug-likeness (QED) is 0.382. The lowest BCUT2D eigenvalue weighted by Gasteiger charge is -2.08. The van der Waals surface area contributed by atoms with Crippen molar-refractivity contribution in [1.29, 1.82) is 0 Å². The number of hydrogen-bond donors (Lipinski definition) is 0. The Bertz CT molecular complexity index is 461. The van der Waals surface area contributed by atoms with E-state index in [2.05, 4.69) is 12.5 Å². The van der Waals surface area contributed by atoms with E-state index in [1.54, 1.807) is 0 Å². The van der Waals surface area contributed by atoms with Crippen molar-refractivity contribution < 1.29 is 13.5 Å². The number of terminal acetylenes is 1. The van der Waals surface area contributed by atoms with Gasteiger partial charge in [0.05, 0.1) is 12.2 Å². The van der Waals surface area contributed by atoms with E-state index < -0.39 is 11.6 Å². The lowest BCUT2D eigenvalue weighted by molar-refractivity contribution is 0.285. The highest BCUT2D eigenvalue weighted by Gasteiger charge is 2.12. The summed E-state index contributed by atoms with van der Waals surface area (Å²) in [6.45, 7) is 4.03. The number of unbranched alkanes of at least 4 members (excludes halogenated alkanes) is 4. The van der Waals surface area contributed by atoms with Crippen molar-refractivity contribution in [3.8, 4) is 18.1 Å². The van der Waals surface area contributed by atoms with Crippen LogP contribution in [0.4, 0.5) is 8.78 Å². The molecule has 0 amide bonds. The molecule has 1 aromatic rings. The molecule has 1 nitrogen and oxygen atoms in total. The number of allylic oxidation sites excluding steroid dienone is 1. The fourth-order valence-corrected chi connectivity index (χ4v) is 1.68. The van der Waals surface area contributed by atoms with Crippen LogP contribution in [-0.2, 0) is 0 Å². The maximum absolute atomic E-state index is 13.5. The lowest BCUT2D eigenvalue weighted by Crippen LogP contribution is -2.01. The molecule has 0 aliphatic heterocycles. The third kappa shape index (κ3) is 4.75. The molecule has 0 saturated carbocycles. The normalized spacial score (nSPS) is 9.95. The summed E-state index contributed by atoms with van der Waals surface area (Å²) in [5.74, 6) is -0.0345. The average Bonchev–Trinajstić information content (AvgIpc) is 2.42. The number of halogens is 2. The summed E-state index contributed by atoms with van der Waals surface area (Å²) in [4.78, 5) is 0. The van der Waals surface area contributed by atoms with Gasteiger partial charge in [0, 0.05) is 0 Å². The molecule has 3 heteroatoms. The van der Waals surface area contributed by atoms with Crippen molar-refractivity contribution in [2.75, 3.05) is 6.61 Å². The van der Waals surface area contributed by atoms with E-state index in [1.807, 2.05) is 6.08 Å². The Morgan fingerprint density at radius 3 is 2.58 bits per heavy atom. The first-order chi connectivity index (χ1) is 9.20. The summed E-state index contributed by atoms with van der Waals surface area (Å²) in [5.41, 5.74) is -0.0886. The minimum atomic E-state index is -1.02. The van der Waals surface area contributed by atoms with E-state index >= 15 is 0 Å². The third-order valence-electron chi connectivity index (χ3n) is 2.76. The number of benzene rings is 1. The second kappa shape index (κ2) is 8.31. The van der Waals surface area contributed by atoms with Gasteiger partial charge in [0.1, 0.15) is 0 Å². The number of rotatable bonds is 8. The van der Waals surface area contributed by atoms with Crippen LogP contribution in [0.1, 0.15) is 37.7 Å². The topological polar surface area (TPSA) is 9.23 Å². The minimum Gasteiger partial charge on any atom is -0.490 e. The summed E-state index contributed by atoms with van der Waals surface area (Å²) >= 11 is 0. The highest BCUT2D eigenvalue weighted by Crippen LogP contribution is 2.22. The molecule has 0 spiro atoms. The Balaban J connectivity index is 2.36. The molecule has 0 aliphatic carbocycles. The Morgan fingerprint density at radius 2 is 1.89 bits per heavy atom. The Kier molecular flexibility index (Phi) is 6.67. The molecule has 0 saturated heterocycles. The first kappa shape index (κ1) is 15.2. The van der Waals surface area contributed by atoms with Crippen LogP contribution in [0.15, 0.2) is 24.8 Å². The van der Waals surface area contributed by atoms with Crippen molar-refractivity contribution in [2.24, 2.45) is 0 Å². The fourth-order valence-electron chi connectivity index (χ4n) is 1.68. The van der Waals surface area contributed by atoms with Gasteiger partial charge in [0.15, 0.2) is 11.6 Å². The molecular weight excluding hydrogens is 246 g/mol. The molecule has 0 bridgehead atoms. The first-order valence-electron chi connectivity index (χ1n) is 6.39. The summed E-state index contributed by atoms with van der Waals surface area (Å²) in [6, 6.07) is 2.71. The van der Waals surface area contributed by atoms with Crippen molar-refractivity contribution in [1.82, 2.24) is 0 Å². The van der Waals surface area contributed by atoms with Crippen LogP contribution in [0.2, 0.25) is 0 Å². The smallest absolute Gasteiger partial charge is 0.201 e. The molecule has 1 rings (SSSR count). The first-order valence-corrected chi connectivity index (χ1v) is 6.39. The lowest BCUT2D eigenvalue weighted by atomic mass is 10.1. The van der Waals surface area contributed by atoms with Crippen LogP contribution in [0.5, 0.6) is 5.75 Å². The molecule has 0 atom stereocenters. The maximum atomic E-state index is 13.5. The third-order valence-corrected chi connectivity index (χ3v) is 2.76. The van der Waals surface area contributed by atoms with Gasteiger partial charge in [-0.1, -0.05) is 24.8 Å². The van der Waals surface area contributed by atoms with Crippen LogP contribution < -0.4 is 4.74 Å². The van der Waals surface area contributed by atoms with Crippen LogP contribution >= 0.6 is 0 Å². The van der Waals surface area contributed by atoms with Gasteiger partial charge in [0.2, 0.25) is 5.82 Å². The van der Waals surface area contributed by atoms with E-state index in [0.29, 0.717) is 6.61 Å². The van der Waals surface area contributed by atoms with Gasteiger partial charge in [-0.25, -0.2) is 4.39 Å². The summed E-state index contributed by atoms with van der Waals surface area (Å²) in [6.07, 6.45) is 11.9. The molecule has 0 N–H and O–H groups in total. The number of ether oxygens (including phenoxy) is 1. The van der Waals surface area contributed by atoms with E-state index in [-0.39, 0.29) is 11.3 Å². The Morgan fingerprint density at radius 1 is 1.16 bits per heavy atom. The zero-order valence-corrected chi connectivity index (χ0v) is 10.9. The van der Waals surface area contributed by atoms with Gasteiger partial charge in [-0.05, 0) is 31.4 Å². The highest BCUT2D eigenvalue weighted by atomic mass is 19.2. The van der Waals surface area contributed by atoms with Crippen molar-refractivity contribution >= 4 is 0 Å². The monoisotopic (exact) mass is 264 g/mol. The average molecular weight is 264 g/mol. The van der Waals surface area contributed by atoms with Crippen molar-refractivity contribution in [3.63, 3.8) is 0 Å². The summed E-state index contributed by atoms with van der Waals surface area (Å²) in [5, 5.41) is 0. The van der Waals surface area contributed by atoms with Gasteiger partial charge >= 0.3 is 0 Å². The molecule has 0 radical (unpaired) electrons. The van der Waals surface area contributed by atoms with Gasteiger partial charge < -0.3 is 4.74 Å².